The van der Waals surface area contributed by atoms with Gasteiger partial charge in [-0.3, -0.25) is 19.3 Å². The number of rotatable bonds is 4. The number of ketones is 1. The third-order valence-electron chi connectivity index (χ3n) is 3.30. The molecule has 2 aliphatic rings. The van der Waals surface area contributed by atoms with Gasteiger partial charge in [0, 0.05) is 19.8 Å². The number of nitrogens with zero attached hydrogens (tertiary/aromatic N) is 1. The lowest BCUT2D eigenvalue weighted by Crippen LogP contribution is -2.53. The molecular formula is C11H17NO6. The van der Waals surface area contributed by atoms with E-state index in [4.69, 9.17) is 19.5 Å². The van der Waals surface area contributed by atoms with Crippen LogP contribution in [-0.4, -0.2) is 53.0 Å². The predicted octanol–water partition coefficient (Wildman–Crippen LogP) is -0.421. The summed E-state index contributed by atoms with van der Waals surface area (Å²) in [4.78, 5) is 33.9. The van der Waals surface area contributed by atoms with Crippen LogP contribution in [0.5, 0.6) is 0 Å². The molecule has 102 valence electrons. The van der Waals surface area contributed by atoms with Crippen LogP contribution in [0.2, 0.25) is 0 Å². The van der Waals surface area contributed by atoms with Gasteiger partial charge < -0.3 is 9.84 Å². The summed E-state index contributed by atoms with van der Waals surface area (Å²) in [6.45, 7) is 2.88. The normalized spacial score (nSPS) is 35.5. The molecule has 0 bridgehead atoms. The van der Waals surface area contributed by atoms with Crippen molar-refractivity contribution in [2.75, 3.05) is 13.2 Å². The van der Waals surface area contributed by atoms with E-state index >= 15 is 0 Å². The van der Waals surface area contributed by atoms with E-state index in [1.807, 2.05) is 0 Å². The fourth-order valence-electron chi connectivity index (χ4n) is 2.49. The molecule has 2 saturated heterocycles. The van der Waals surface area contributed by atoms with Crippen molar-refractivity contribution in [1.29, 1.82) is 0 Å². The second-order valence-electron chi connectivity index (χ2n) is 4.47. The predicted molar refractivity (Wildman–Crippen MR) is 57.9 cm³/mol. The number of carbonyl (C=O) groups is 2. The maximum Gasteiger partial charge on any atom is 0.303 e. The molecule has 3 atom stereocenters. The summed E-state index contributed by atoms with van der Waals surface area (Å²) < 4.78 is 5.16. The van der Waals surface area contributed by atoms with Crippen molar-refractivity contribution in [2.24, 2.45) is 0 Å². The lowest BCUT2D eigenvalue weighted by atomic mass is 9.83. The van der Waals surface area contributed by atoms with Crippen LogP contribution in [0.15, 0.2) is 0 Å². The Morgan fingerprint density at radius 3 is 2.83 bits per heavy atom. The highest BCUT2D eigenvalue weighted by molar-refractivity contribution is 5.89. The summed E-state index contributed by atoms with van der Waals surface area (Å²) in [5, 5.41) is 10.2. The van der Waals surface area contributed by atoms with Crippen LogP contribution in [-0.2, 0) is 24.0 Å². The molecule has 0 saturated carbocycles. The lowest BCUT2D eigenvalue weighted by molar-refractivity contribution is -0.355. The van der Waals surface area contributed by atoms with Crippen molar-refractivity contribution in [1.82, 2.24) is 5.23 Å². The van der Waals surface area contributed by atoms with Crippen molar-refractivity contribution in [3.63, 3.8) is 0 Å². The van der Waals surface area contributed by atoms with E-state index in [1.165, 1.54) is 6.92 Å². The SMILES string of the molecule is CCC(=O)[C@]12C[C@H](CO)ON1OCC2OC(C)=O. The minimum Gasteiger partial charge on any atom is -0.457 e. The first-order valence-corrected chi connectivity index (χ1v) is 5.96. The van der Waals surface area contributed by atoms with Crippen LogP contribution in [0, 0.1) is 0 Å². The van der Waals surface area contributed by atoms with E-state index in [0.29, 0.717) is 0 Å². The van der Waals surface area contributed by atoms with E-state index in [-0.39, 0.29) is 31.8 Å². The fourth-order valence-corrected chi connectivity index (χ4v) is 2.49. The smallest absolute Gasteiger partial charge is 0.303 e. The highest BCUT2D eigenvalue weighted by Crippen LogP contribution is 2.42. The van der Waals surface area contributed by atoms with Crippen molar-refractivity contribution in [3.8, 4) is 0 Å². The summed E-state index contributed by atoms with van der Waals surface area (Å²) in [6, 6.07) is 0. The third kappa shape index (κ3) is 1.93. The fraction of sp³-hybridized carbons (Fsp3) is 0.818. The summed E-state index contributed by atoms with van der Waals surface area (Å²) >= 11 is 0. The Morgan fingerprint density at radius 1 is 1.56 bits per heavy atom. The van der Waals surface area contributed by atoms with Gasteiger partial charge in [-0.25, -0.2) is 0 Å². The molecule has 0 aliphatic carbocycles. The first-order valence-electron chi connectivity index (χ1n) is 5.96. The van der Waals surface area contributed by atoms with Crippen LogP contribution < -0.4 is 0 Å². The monoisotopic (exact) mass is 259 g/mol. The molecule has 2 heterocycles. The molecule has 2 aliphatic heterocycles. The molecule has 0 spiro atoms. The molecule has 0 aromatic carbocycles. The van der Waals surface area contributed by atoms with Crippen LogP contribution in [0.1, 0.15) is 26.7 Å². The average molecular weight is 259 g/mol. The van der Waals surface area contributed by atoms with Gasteiger partial charge >= 0.3 is 5.97 Å². The summed E-state index contributed by atoms with van der Waals surface area (Å²) in [7, 11) is 0. The zero-order chi connectivity index (χ0) is 13.3. The van der Waals surface area contributed by atoms with E-state index in [0.717, 1.165) is 5.23 Å². The molecule has 1 unspecified atom stereocenters. The molecule has 7 nitrogen and oxygen atoms in total. The van der Waals surface area contributed by atoms with Gasteiger partial charge in [0.05, 0.1) is 6.61 Å². The number of fused-ring (bicyclic) bond motifs is 1. The largest absolute Gasteiger partial charge is 0.457 e. The lowest BCUT2D eigenvalue weighted by Gasteiger charge is -2.29. The maximum absolute atomic E-state index is 12.2. The van der Waals surface area contributed by atoms with E-state index in [1.54, 1.807) is 6.92 Å². The minimum absolute atomic E-state index is 0.0868. The second-order valence-corrected chi connectivity index (χ2v) is 4.47. The first kappa shape index (κ1) is 13.4. The number of hydrogen-bond acceptors (Lipinski definition) is 7. The zero-order valence-electron chi connectivity index (χ0n) is 10.4. The molecule has 0 radical (unpaired) electrons. The number of ether oxygens (including phenoxy) is 1. The molecule has 2 rings (SSSR count). The molecule has 1 N–H and O–H groups in total. The quantitative estimate of drug-likeness (QED) is 0.686. The van der Waals surface area contributed by atoms with E-state index in [9.17, 15) is 9.59 Å². The Morgan fingerprint density at radius 2 is 2.28 bits per heavy atom. The van der Waals surface area contributed by atoms with Gasteiger partial charge in [-0.05, 0) is 5.23 Å². The number of hydroxylamine groups is 2. The Balaban J connectivity index is 2.28. The zero-order valence-corrected chi connectivity index (χ0v) is 10.4. The molecule has 18 heavy (non-hydrogen) atoms. The highest BCUT2D eigenvalue weighted by Gasteiger charge is 2.63. The average Bonchev–Trinajstić information content (AvgIpc) is 2.85. The van der Waals surface area contributed by atoms with Crippen molar-refractivity contribution in [2.45, 2.75) is 44.4 Å². The van der Waals surface area contributed by atoms with Gasteiger partial charge in [-0.1, -0.05) is 6.92 Å². The van der Waals surface area contributed by atoms with Crippen LogP contribution >= 0.6 is 0 Å². The number of Topliss-reactive ketones (excluding diaryl/α,β-unsaturated/α-hetero) is 1. The van der Waals surface area contributed by atoms with Crippen molar-refractivity contribution < 1.29 is 29.1 Å². The van der Waals surface area contributed by atoms with Crippen LogP contribution in [0.4, 0.5) is 0 Å². The standard InChI is InChI=1S/C11H17NO6/c1-3-9(15)11-4-8(5-13)18-12(11)16-6-10(11)17-7(2)14/h8,10,13H,3-6H2,1-2H3/t8-,10?,11+/m1/s1. The molecule has 0 aromatic heterocycles. The number of aliphatic hydroxyl groups is 1. The molecule has 2 fully saturated rings. The van der Waals surface area contributed by atoms with Gasteiger partial charge in [0.1, 0.15) is 12.7 Å². The summed E-state index contributed by atoms with van der Waals surface area (Å²) in [5.41, 5.74) is -1.12. The van der Waals surface area contributed by atoms with Gasteiger partial charge in [-0.2, -0.15) is 0 Å². The third-order valence-corrected chi connectivity index (χ3v) is 3.30. The van der Waals surface area contributed by atoms with Gasteiger partial charge in [0.15, 0.2) is 17.4 Å². The maximum atomic E-state index is 12.2. The number of aliphatic hydroxyl groups excluding tert-OH is 1. The second kappa shape index (κ2) is 4.93. The number of esters is 1. The van der Waals surface area contributed by atoms with Gasteiger partial charge in [0.25, 0.3) is 0 Å². The van der Waals surface area contributed by atoms with Crippen molar-refractivity contribution in [3.05, 3.63) is 0 Å². The van der Waals surface area contributed by atoms with Gasteiger partial charge in [-0.15, -0.1) is 0 Å². The molecular weight excluding hydrogens is 242 g/mol. The minimum atomic E-state index is -1.12. The van der Waals surface area contributed by atoms with E-state index in [2.05, 4.69) is 0 Å². The molecule has 0 aromatic rings. The number of carbonyl (C=O) groups excluding carboxylic acids is 2. The number of hydrogen-bond donors (Lipinski definition) is 1. The van der Waals surface area contributed by atoms with Crippen molar-refractivity contribution >= 4 is 11.8 Å². The molecule has 0 amide bonds. The van der Waals surface area contributed by atoms with E-state index < -0.39 is 23.7 Å². The van der Waals surface area contributed by atoms with Gasteiger partial charge in [0.2, 0.25) is 0 Å². The summed E-state index contributed by atoms with van der Waals surface area (Å²) in [6.07, 6.45) is -0.675. The topological polar surface area (TPSA) is 85.3 Å². The summed E-state index contributed by atoms with van der Waals surface area (Å²) in [5.74, 6) is -0.594. The van der Waals surface area contributed by atoms with Crippen LogP contribution in [0.3, 0.4) is 0 Å². The first-order chi connectivity index (χ1) is 8.54. The Hall–Kier alpha value is -1.02. The molecule has 7 heteroatoms. The highest BCUT2D eigenvalue weighted by atomic mass is 17.0. The Kier molecular flexibility index (Phi) is 3.67. The Bertz CT molecular complexity index is 359. The van der Waals surface area contributed by atoms with Crippen LogP contribution in [0.25, 0.3) is 0 Å². The Labute approximate surface area is 105 Å².